The fourth-order valence-electron chi connectivity index (χ4n) is 4.13. The van der Waals surface area contributed by atoms with Crippen LogP contribution in [0.2, 0.25) is 5.02 Å². The molecule has 3 aromatic carbocycles. The highest BCUT2D eigenvalue weighted by molar-refractivity contribution is 6.46. The van der Waals surface area contributed by atoms with E-state index in [9.17, 15) is 14.7 Å². The van der Waals surface area contributed by atoms with Crippen molar-refractivity contribution in [1.82, 2.24) is 4.90 Å². The summed E-state index contributed by atoms with van der Waals surface area (Å²) in [5, 5.41) is 13.4. The molecule has 4 rings (SSSR count). The topological polar surface area (TPSA) is 66.8 Å². The predicted molar refractivity (Wildman–Crippen MR) is 121 cm³/mol. The first-order valence-electron chi connectivity index (χ1n) is 10.1. The highest BCUT2D eigenvalue weighted by Gasteiger charge is 2.46. The van der Waals surface area contributed by atoms with E-state index in [2.05, 4.69) is 0 Å². The number of Topliss-reactive ketones (excluding diaryl/α,β-unsaturated/α-hetero) is 1. The quantitative estimate of drug-likeness (QED) is 0.334. The van der Waals surface area contributed by atoms with Gasteiger partial charge < -0.3 is 14.7 Å². The third-order valence-electron chi connectivity index (χ3n) is 5.55. The molecule has 0 bridgehead atoms. The largest absolute Gasteiger partial charge is 0.507 e. The van der Waals surface area contributed by atoms with Crippen molar-refractivity contribution in [2.24, 2.45) is 0 Å². The smallest absolute Gasteiger partial charge is 0.295 e. The molecule has 31 heavy (non-hydrogen) atoms. The number of ketones is 1. The number of amides is 1. The fourth-order valence-corrected chi connectivity index (χ4v) is 4.39. The van der Waals surface area contributed by atoms with Crippen LogP contribution in [0, 0.1) is 0 Å². The van der Waals surface area contributed by atoms with E-state index in [0.29, 0.717) is 29.3 Å². The Morgan fingerprint density at radius 3 is 2.55 bits per heavy atom. The monoisotopic (exact) mass is 435 g/mol. The Balaban J connectivity index is 1.96. The maximum Gasteiger partial charge on any atom is 0.295 e. The summed E-state index contributed by atoms with van der Waals surface area (Å²) < 4.78 is 5.17. The molecule has 1 amide bonds. The van der Waals surface area contributed by atoms with Gasteiger partial charge in [0.15, 0.2) is 0 Å². The number of aliphatic hydroxyl groups excluding tert-OH is 1. The minimum Gasteiger partial charge on any atom is -0.507 e. The number of halogens is 1. The van der Waals surface area contributed by atoms with E-state index in [1.807, 2.05) is 49.4 Å². The molecule has 0 aromatic heterocycles. The summed E-state index contributed by atoms with van der Waals surface area (Å²) in [6, 6.07) is 17.7. The Kier molecular flexibility index (Phi) is 5.70. The van der Waals surface area contributed by atoms with E-state index < -0.39 is 17.7 Å². The summed E-state index contributed by atoms with van der Waals surface area (Å²) in [7, 11) is 1.50. The molecule has 3 aromatic rings. The van der Waals surface area contributed by atoms with Crippen LogP contribution in [-0.2, 0) is 9.59 Å². The SMILES string of the molecule is CCCN1C(=O)C(=O)/C(=C(\O)c2ccc(OC)c(Cl)c2)C1c1cccc2ccccc12. The van der Waals surface area contributed by atoms with Crippen LogP contribution in [0.15, 0.2) is 66.2 Å². The van der Waals surface area contributed by atoms with Gasteiger partial charge in [0, 0.05) is 12.1 Å². The Bertz CT molecular complexity index is 1210. The third kappa shape index (κ3) is 3.55. The second-order valence-electron chi connectivity index (χ2n) is 7.41. The molecule has 0 spiro atoms. The van der Waals surface area contributed by atoms with Crippen molar-refractivity contribution in [3.05, 3.63) is 82.4 Å². The predicted octanol–water partition coefficient (Wildman–Crippen LogP) is 5.33. The lowest BCUT2D eigenvalue weighted by molar-refractivity contribution is -0.139. The van der Waals surface area contributed by atoms with Crippen LogP contribution in [0.1, 0.15) is 30.5 Å². The van der Waals surface area contributed by atoms with Crippen molar-refractivity contribution in [2.75, 3.05) is 13.7 Å². The summed E-state index contributed by atoms with van der Waals surface area (Å²) in [4.78, 5) is 27.5. The van der Waals surface area contributed by atoms with Gasteiger partial charge in [0.05, 0.1) is 23.7 Å². The van der Waals surface area contributed by atoms with Gasteiger partial charge in [-0.3, -0.25) is 9.59 Å². The number of hydrogen-bond acceptors (Lipinski definition) is 4. The van der Waals surface area contributed by atoms with Gasteiger partial charge in [-0.1, -0.05) is 61.0 Å². The molecular formula is C25H22ClNO4. The molecule has 1 aliphatic rings. The van der Waals surface area contributed by atoms with Crippen LogP contribution in [-0.4, -0.2) is 35.4 Å². The van der Waals surface area contributed by atoms with Crippen LogP contribution in [0.4, 0.5) is 0 Å². The molecule has 1 fully saturated rings. The zero-order chi connectivity index (χ0) is 22.1. The first-order chi connectivity index (χ1) is 15.0. The zero-order valence-electron chi connectivity index (χ0n) is 17.3. The number of rotatable bonds is 5. The number of hydrogen-bond donors (Lipinski definition) is 1. The second kappa shape index (κ2) is 8.44. The first-order valence-corrected chi connectivity index (χ1v) is 10.5. The Morgan fingerprint density at radius 1 is 1.10 bits per heavy atom. The maximum atomic E-state index is 13.1. The molecule has 158 valence electrons. The number of carbonyl (C=O) groups is 2. The number of carbonyl (C=O) groups excluding carboxylic acids is 2. The lowest BCUT2D eigenvalue weighted by atomic mass is 9.91. The van der Waals surface area contributed by atoms with Crippen molar-refractivity contribution in [1.29, 1.82) is 0 Å². The average molecular weight is 436 g/mol. The van der Waals surface area contributed by atoms with E-state index in [1.165, 1.54) is 13.2 Å². The summed E-state index contributed by atoms with van der Waals surface area (Å²) in [5.74, 6) is -1.11. The molecule has 1 atom stereocenters. The molecular weight excluding hydrogens is 414 g/mol. The van der Waals surface area contributed by atoms with Crippen LogP contribution in [0.3, 0.4) is 0 Å². The van der Waals surface area contributed by atoms with Crippen molar-refractivity contribution in [2.45, 2.75) is 19.4 Å². The lowest BCUT2D eigenvalue weighted by Gasteiger charge is -2.26. The van der Waals surface area contributed by atoms with E-state index >= 15 is 0 Å². The molecule has 1 N–H and O–H groups in total. The van der Waals surface area contributed by atoms with Crippen LogP contribution >= 0.6 is 11.6 Å². The molecule has 1 heterocycles. The number of nitrogens with zero attached hydrogens (tertiary/aromatic N) is 1. The Morgan fingerprint density at radius 2 is 1.84 bits per heavy atom. The Hall–Kier alpha value is -3.31. The zero-order valence-corrected chi connectivity index (χ0v) is 18.0. The number of fused-ring (bicyclic) bond motifs is 1. The molecule has 1 saturated heterocycles. The number of benzene rings is 3. The van der Waals surface area contributed by atoms with Gasteiger partial charge in [0.2, 0.25) is 0 Å². The van der Waals surface area contributed by atoms with E-state index in [4.69, 9.17) is 16.3 Å². The van der Waals surface area contributed by atoms with Gasteiger partial charge in [-0.15, -0.1) is 0 Å². The Labute approximate surface area is 185 Å². The standard InChI is InChI=1S/C25H22ClNO4/c1-3-13-27-22(18-10-6-8-15-7-4-5-9-17(15)18)21(24(29)25(27)30)23(28)16-11-12-20(31-2)19(26)14-16/h4-12,14,22,28H,3,13H2,1-2H3/b23-21-. The van der Waals surface area contributed by atoms with Crippen molar-refractivity contribution >= 4 is 39.8 Å². The van der Waals surface area contributed by atoms with Crippen LogP contribution < -0.4 is 4.74 Å². The molecule has 1 aliphatic heterocycles. The number of methoxy groups -OCH3 is 1. The van der Waals surface area contributed by atoms with E-state index in [-0.39, 0.29) is 11.3 Å². The molecule has 1 unspecified atom stereocenters. The molecule has 0 radical (unpaired) electrons. The summed E-state index contributed by atoms with van der Waals surface area (Å²) in [5.41, 5.74) is 1.22. The number of likely N-dealkylation sites (tertiary alicyclic amines) is 1. The highest BCUT2D eigenvalue weighted by Crippen LogP contribution is 2.42. The molecule has 6 heteroatoms. The lowest BCUT2D eigenvalue weighted by Crippen LogP contribution is -2.30. The van der Waals surface area contributed by atoms with Gasteiger partial charge in [0.25, 0.3) is 11.7 Å². The fraction of sp³-hybridized carbons (Fsp3) is 0.200. The first kappa shape index (κ1) is 20.9. The van der Waals surface area contributed by atoms with Crippen molar-refractivity contribution in [3.63, 3.8) is 0 Å². The van der Waals surface area contributed by atoms with E-state index in [0.717, 1.165) is 16.3 Å². The van der Waals surface area contributed by atoms with Gasteiger partial charge in [0.1, 0.15) is 11.5 Å². The third-order valence-corrected chi connectivity index (χ3v) is 5.84. The number of ether oxygens (including phenoxy) is 1. The van der Waals surface area contributed by atoms with Gasteiger partial charge >= 0.3 is 0 Å². The number of aliphatic hydroxyl groups is 1. The molecule has 5 nitrogen and oxygen atoms in total. The van der Waals surface area contributed by atoms with Crippen molar-refractivity contribution in [3.8, 4) is 5.75 Å². The van der Waals surface area contributed by atoms with Gasteiger partial charge in [-0.2, -0.15) is 0 Å². The van der Waals surface area contributed by atoms with Gasteiger partial charge in [-0.25, -0.2) is 0 Å². The second-order valence-corrected chi connectivity index (χ2v) is 7.82. The summed E-state index contributed by atoms with van der Waals surface area (Å²) in [6.45, 7) is 2.35. The molecule has 0 aliphatic carbocycles. The normalized spacial score (nSPS) is 18.0. The minimum atomic E-state index is -0.698. The summed E-state index contributed by atoms with van der Waals surface area (Å²) in [6.07, 6.45) is 0.683. The average Bonchev–Trinajstić information content (AvgIpc) is 3.03. The van der Waals surface area contributed by atoms with Crippen molar-refractivity contribution < 1.29 is 19.4 Å². The molecule has 0 saturated carbocycles. The van der Waals surface area contributed by atoms with Crippen LogP contribution in [0.25, 0.3) is 16.5 Å². The highest BCUT2D eigenvalue weighted by atomic mass is 35.5. The minimum absolute atomic E-state index is 0.0658. The van der Waals surface area contributed by atoms with Gasteiger partial charge in [-0.05, 0) is 41.0 Å². The van der Waals surface area contributed by atoms with Crippen LogP contribution in [0.5, 0.6) is 5.75 Å². The van der Waals surface area contributed by atoms with E-state index in [1.54, 1.807) is 17.0 Å². The summed E-state index contributed by atoms with van der Waals surface area (Å²) >= 11 is 6.23. The maximum absolute atomic E-state index is 13.1.